The highest BCUT2D eigenvalue weighted by molar-refractivity contribution is 7.80. The zero-order chi connectivity index (χ0) is 13.5. The molecule has 0 saturated carbocycles. The van der Waals surface area contributed by atoms with E-state index in [4.69, 9.17) is 0 Å². The van der Waals surface area contributed by atoms with E-state index in [0.29, 0.717) is 0 Å². The van der Waals surface area contributed by atoms with Crippen LogP contribution in [-0.2, 0) is 0 Å². The van der Waals surface area contributed by atoms with Crippen LogP contribution in [0, 0.1) is 6.92 Å². The highest BCUT2D eigenvalue weighted by atomic mass is 32.1. The van der Waals surface area contributed by atoms with Gasteiger partial charge in [0.05, 0.1) is 0 Å². The van der Waals surface area contributed by atoms with E-state index < -0.39 is 0 Å². The van der Waals surface area contributed by atoms with Crippen LogP contribution in [0.1, 0.15) is 32.8 Å². The number of nitrogens with one attached hydrogen (secondary N) is 1. The van der Waals surface area contributed by atoms with E-state index in [0.717, 1.165) is 18.0 Å². The predicted molar refractivity (Wildman–Crippen MR) is 86.8 cm³/mol. The Kier molecular flexibility index (Phi) is 23.1. The normalized spacial score (nSPS) is 7.83. The third-order valence-electron chi connectivity index (χ3n) is 1.57. The first-order valence-electron chi connectivity index (χ1n) is 6.19. The maximum absolute atomic E-state index is 4.13. The van der Waals surface area contributed by atoms with Crippen LogP contribution in [0.4, 0.5) is 0 Å². The van der Waals surface area contributed by atoms with Gasteiger partial charge in [0.15, 0.2) is 0 Å². The van der Waals surface area contributed by atoms with E-state index >= 15 is 0 Å². The molecule has 0 aromatic heterocycles. The third-order valence-corrected chi connectivity index (χ3v) is 1.87. The smallest absolute Gasteiger partial charge is 0.0132 e. The lowest BCUT2D eigenvalue weighted by Gasteiger charge is -1.89. The molecular formula is C15H29NOS. The summed E-state index contributed by atoms with van der Waals surface area (Å²) >= 11 is 4.13. The van der Waals surface area contributed by atoms with Crippen molar-refractivity contribution >= 4 is 12.6 Å². The quantitative estimate of drug-likeness (QED) is 0.492. The fourth-order valence-corrected chi connectivity index (χ4v) is 0.940. The van der Waals surface area contributed by atoms with Gasteiger partial charge in [-0.15, -0.1) is 19.2 Å². The summed E-state index contributed by atoms with van der Waals surface area (Å²) in [5, 5.41) is 3.08. The molecule has 0 bridgehead atoms. The Morgan fingerprint density at radius 1 is 1.17 bits per heavy atom. The van der Waals surface area contributed by atoms with Crippen LogP contribution >= 0.6 is 12.6 Å². The van der Waals surface area contributed by atoms with Gasteiger partial charge in [-0.05, 0) is 25.6 Å². The van der Waals surface area contributed by atoms with E-state index in [9.17, 15) is 0 Å². The van der Waals surface area contributed by atoms with E-state index in [-0.39, 0.29) is 5.48 Å². The minimum atomic E-state index is 0. The third kappa shape index (κ3) is 20.6. The van der Waals surface area contributed by atoms with Gasteiger partial charge in [-0.2, -0.15) is 0 Å². The maximum Gasteiger partial charge on any atom is 0.0132 e. The predicted octanol–water partition coefficient (Wildman–Crippen LogP) is 3.66. The van der Waals surface area contributed by atoms with Crippen molar-refractivity contribution in [3.8, 4) is 0 Å². The van der Waals surface area contributed by atoms with E-state index in [1.54, 1.807) is 0 Å². The summed E-state index contributed by atoms with van der Waals surface area (Å²) in [6.45, 7) is 13.9. The molecule has 18 heavy (non-hydrogen) atoms. The molecule has 0 heterocycles. The number of benzene rings is 1. The number of hydrogen-bond donors (Lipinski definition) is 2. The summed E-state index contributed by atoms with van der Waals surface area (Å²) in [4.78, 5) is 1.02. The SMILES string of the molecule is C=CCNCC.CCC.Cc1ccc(S)cc1.O. The van der Waals surface area contributed by atoms with Crippen LogP contribution in [0.5, 0.6) is 0 Å². The van der Waals surface area contributed by atoms with Gasteiger partial charge < -0.3 is 10.8 Å². The first kappa shape index (κ1) is 22.4. The van der Waals surface area contributed by atoms with Crippen molar-refractivity contribution in [3.05, 3.63) is 42.5 Å². The fourth-order valence-electron chi connectivity index (χ4n) is 0.791. The summed E-state index contributed by atoms with van der Waals surface area (Å²) in [7, 11) is 0. The number of hydrogen-bond acceptors (Lipinski definition) is 2. The Hall–Kier alpha value is -0.770. The van der Waals surface area contributed by atoms with Gasteiger partial charge in [0.1, 0.15) is 0 Å². The molecule has 1 aromatic rings. The van der Waals surface area contributed by atoms with Gasteiger partial charge in [0.2, 0.25) is 0 Å². The molecule has 1 aromatic carbocycles. The second-order valence-corrected chi connectivity index (χ2v) is 4.16. The summed E-state index contributed by atoms with van der Waals surface area (Å²) in [6.07, 6.45) is 3.10. The average molecular weight is 271 g/mol. The van der Waals surface area contributed by atoms with Gasteiger partial charge in [-0.3, -0.25) is 0 Å². The molecule has 0 atom stereocenters. The molecule has 1 rings (SSSR count). The van der Waals surface area contributed by atoms with Gasteiger partial charge in [0, 0.05) is 11.4 Å². The molecule has 0 unspecified atom stereocenters. The second kappa shape index (κ2) is 18.6. The monoisotopic (exact) mass is 271 g/mol. The van der Waals surface area contributed by atoms with Crippen LogP contribution in [0.25, 0.3) is 0 Å². The van der Waals surface area contributed by atoms with Crippen LogP contribution in [0.15, 0.2) is 41.8 Å². The zero-order valence-corrected chi connectivity index (χ0v) is 13.1. The van der Waals surface area contributed by atoms with Gasteiger partial charge >= 0.3 is 0 Å². The van der Waals surface area contributed by atoms with Gasteiger partial charge in [-0.1, -0.05) is 51.0 Å². The average Bonchev–Trinajstić information content (AvgIpc) is 2.32. The Bertz CT molecular complexity index is 239. The molecule has 3 heteroatoms. The van der Waals surface area contributed by atoms with Crippen molar-refractivity contribution in [1.82, 2.24) is 5.32 Å². The lowest BCUT2D eigenvalue weighted by molar-refractivity contribution is 0.800. The van der Waals surface area contributed by atoms with Crippen molar-refractivity contribution in [2.75, 3.05) is 13.1 Å². The number of likely N-dealkylation sites (N-methyl/N-ethyl adjacent to an activating group) is 1. The molecule has 2 nitrogen and oxygen atoms in total. The van der Waals surface area contributed by atoms with E-state index in [1.165, 1.54) is 12.0 Å². The minimum Gasteiger partial charge on any atom is -0.412 e. The number of aryl methyl sites for hydroxylation is 1. The first-order chi connectivity index (χ1) is 8.12. The fraction of sp³-hybridized carbons (Fsp3) is 0.467. The molecule has 0 fully saturated rings. The standard InChI is InChI=1S/C7H8S.C5H11N.C3H8.H2O/c1-6-2-4-7(8)5-3-6;1-3-5-6-4-2;1-3-2;/h2-5,8H,1H3;3,6H,1,4-5H2,2H3;3H2,1-2H3;1H2. The molecule has 0 amide bonds. The zero-order valence-electron chi connectivity index (χ0n) is 12.2. The molecule has 0 aliphatic heterocycles. The largest absolute Gasteiger partial charge is 0.412 e. The molecule has 106 valence electrons. The van der Waals surface area contributed by atoms with Crippen LogP contribution in [0.2, 0.25) is 0 Å². The van der Waals surface area contributed by atoms with Crippen molar-refractivity contribution < 1.29 is 5.48 Å². The molecule has 0 spiro atoms. The van der Waals surface area contributed by atoms with E-state index in [2.05, 4.69) is 52.2 Å². The summed E-state index contributed by atoms with van der Waals surface area (Å²) < 4.78 is 0. The summed E-state index contributed by atoms with van der Waals surface area (Å²) in [6, 6.07) is 8.06. The van der Waals surface area contributed by atoms with E-state index in [1.807, 2.05) is 30.3 Å². The van der Waals surface area contributed by atoms with Gasteiger partial charge in [0.25, 0.3) is 0 Å². The molecule has 0 radical (unpaired) electrons. The Morgan fingerprint density at radius 3 is 1.83 bits per heavy atom. The second-order valence-electron chi connectivity index (χ2n) is 3.64. The summed E-state index contributed by atoms with van der Waals surface area (Å²) in [5.41, 5.74) is 1.28. The van der Waals surface area contributed by atoms with Crippen LogP contribution in [-0.4, -0.2) is 18.6 Å². The topological polar surface area (TPSA) is 43.5 Å². The molecule has 0 aliphatic carbocycles. The van der Waals surface area contributed by atoms with Crippen LogP contribution < -0.4 is 5.32 Å². The lowest BCUT2D eigenvalue weighted by Crippen LogP contribution is -2.10. The van der Waals surface area contributed by atoms with Crippen LogP contribution in [0.3, 0.4) is 0 Å². The molecule has 0 saturated heterocycles. The van der Waals surface area contributed by atoms with Gasteiger partial charge in [-0.25, -0.2) is 0 Å². The Morgan fingerprint density at radius 2 is 1.61 bits per heavy atom. The highest BCUT2D eigenvalue weighted by Crippen LogP contribution is 2.05. The molecule has 0 aliphatic rings. The van der Waals surface area contributed by atoms with Crippen molar-refractivity contribution in [3.63, 3.8) is 0 Å². The highest BCUT2D eigenvalue weighted by Gasteiger charge is 1.80. The number of thiol groups is 1. The lowest BCUT2D eigenvalue weighted by atomic mass is 10.2. The van der Waals surface area contributed by atoms with Crippen molar-refractivity contribution in [1.29, 1.82) is 0 Å². The summed E-state index contributed by atoms with van der Waals surface area (Å²) in [5.74, 6) is 0. The Balaban J connectivity index is -0.000000202. The maximum atomic E-state index is 4.13. The van der Waals surface area contributed by atoms with Crippen molar-refractivity contribution in [2.45, 2.75) is 39.0 Å². The molecule has 3 N–H and O–H groups in total. The number of rotatable bonds is 3. The Labute approximate surface area is 118 Å². The van der Waals surface area contributed by atoms with Crippen molar-refractivity contribution in [2.24, 2.45) is 0 Å². The minimum absolute atomic E-state index is 0. The molecular weight excluding hydrogens is 242 g/mol. The first-order valence-corrected chi connectivity index (χ1v) is 6.64.